The molecule has 3 nitrogen and oxygen atoms in total. The zero-order chi connectivity index (χ0) is 8.55. The molecule has 3 aliphatic rings. The predicted molar refractivity (Wildman–Crippen MR) is 52.1 cm³/mol. The van der Waals surface area contributed by atoms with Gasteiger partial charge in [-0.2, -0.15) is 0 Å². The second-order valence-corrected chi connectivity index (χ2v) is 3.61. The first-order valence-electron chi connectivity index (χ1n) is 4.41. The Morgan fingerprint density at radius 3 is 2.46 bits per heavy atom. The summed E-state index contributed by atoms with van der Waals surface area (Å²) in [5, 5.41) is 8.60. The Hall–Kier alpha value is -0.540. The number of carboxylic acids is 1. The Kier molecular flexibility index (Phi) is 3.33. The van der Waals surface area contributed by atoms with Crippen molar-refractivity contribution in [3.63, 3.8) is 0 Å². The Balaban J connectivity index is 0.000000845. The highest BCUT2D eigenvalue weighted by atomic mass is 35.5. The van der Waals surface area contributed by atoms with Gasteiger partial charge in [0.15, 0.2) is 0 Å². The number of hydrogen-bond acceptors (Lipinski definition) is 2. The number of carboxylic acid groups (broad SMARTS) is 1. The molecular formula is C9H14ClNO2. The van der Waals surface area contributed by atoms with Crippen LogP contribution in [0.25, 0.3) is 0 Å². The third kappa shape index (κ3) is 2.23. The first-order valence-corrected chi connectivity index (χ1v) is 4.41. The third-order valence-corrected chi connectivity index (χ3v) is 2.83. The van der Waals surface area contributed by atoms with Crippen molar-refractivity contribution in [2.45, 2.75) is 12.8 Å². The minimum Gasteiger partial charge on any atom is -0.478 e. The normalized spacial score (nSPS) is 34.3. The number of aliphatic carboxylic acids is 1. The standard InChI is InChI=1S/C9H13NO2.ClH/c11-9(12)5-8-6-10-3-1-7(8)2-4-10;/h5,7H,1-4,6H2,(H,11,12);1H/b8-5+;. The molecule has 0 aromatic heterocycles. The molecule has 74 valence electrons. The molecular weight excluding hydrogens is 190 g/mol. The van der Waals surface area contributed by atoms with E-state index in [1.165, 1.54) is 6.08 Å². The van der Waals surface area contributed by atoms with Crippen LogP contribution in [-0.4, -0.2) is 35.6 Å². The maximum atomic E-state index is 10.4. The third-order valence-electron chi connectivity index (χ3n) is 2.83. The lowest BCUT2D eigenvalue weighted by molar-refractivity contribution is -0.131. The highest BCUT2D eigenvalue weighted by molar-refractivity contribution is 5.85. The van der Waals surface area contributed by atoms with E-state index in [1.54, 1.807) is 0 Å². The van der Waals surface area contributed by atoms with Crippen LogP contribution in [0.3, 0.4) is 0 Å². The van der Waals surface area contributed by atoms with Crippen LogP contribution in [0, 0.1) is 5.92 Å². The molecule has 3 fully saturated rings. The fourth-order valence-corrected chi connectivity index (χ4v) is 2.17. The fraction of sp³-hybridized carbons (Fsp3) is 0.667. The number of carbonyl (C=O) groups is 1. The minimum absolute atomic E-state index is 0. The van der Waals surface area contributed by atoms with Crippen molar-refractivity contribution in [1.29, 1.82) is 0 Å². The number of halogens is 1. The predicted octanol–water partition coefficient (Wildman–Crippen LogP) is 1.14. The first kappa shape index (κ1) is 10.5. The summed E-state index contributed by atoms with van der Waals surface area (Å²) in [6.45, 7) is 3.19. The van der Waals surface area contributed by atoms with Gasteiger partial charge in [0.2, 0.25) is 0 Å². The molecule has 0 spiro atoms. The van der Waals surface area contributed by atoms with Gasteiger partial charge < -0.3 is 5.11 Å². The molecule has 3 rings (SSSR count). The number of rotatable bonds is 1. The summed E-state index contributed by atoms with van der Waals surface area (Å²) in [4.78, 5) is 12.8. The summed E-state index contributed by atoms with van der Waals surface area (Å²) in [6.07, 6.45) is 3.70. The quantitative estimate of drug-likeness (QED) is 0.650. The average molecular weight is 204 g/mol. The topological polar surface area (TPSA) is 40.5 Å². The van der Waals surface area contributed by atoms with Crippen LogP contribution >= 0.6 is 12.4 Å². The molecule has 0 radical (unpaired) electrons. The summed E-state index contributed by atoms with van der Waals surface area (Å²) in [5.41, 5.74) is 1.12. The van der Waals surface area contributed by atoms with Crippen molar-refractivity contribution in [3.8, 4) is 0 Å². The lowest BCUT2D eigenvalue weighted by Gasteiger charge is -2.40. The molecule has 0 saturated carbocycles. The molecule has 4 heteroatoms. The minimum atomic E-state index is -0.793. The van der Waals surface area contributed by atoms with E-state index < -0.39 is 5.97 Å². The van der Waals surface area contributed by atoms with Gasteiger partial charge in [0, 0.05) is 12.6 Å². The maximum absolute atomic E-state index is 10.4. The lowest BCUT2D eigenvalue weighted by atomic mass is 9.84. The van der Waals surface area contributed by atoms with Crippen molar-refractivity contribution < 1.29 is 9.90 Å². The van der Waals surface area contributed by atoms with Crippen LogP contribution in [0.15, 0.2) is 11.6 Å². The molecule has 0 atom stereocenters. The van der Waals surface area contributed by atoms with Gasteiger partial charge in [-0.3, -0.25) is 4.90 Å². The zero-order valence-corrected chi connectivity index (χ0v) is 8.22. The van der Waals surface area contributed by atoms with Gasteiger partial charge in [0.05, 0.1) is 0 Å². The van der Waals surface area contributed by atoms with Gasteiger partial charge in [0.25, 0.3) is 0 Å². The van der Waals surface area contributed by atoms with Crippen LogP contribution in [0.5, 0.6) is 0 Å². The Labute approximate surface area is 83.8 Å². The van der Waals surface area contributed by atoms with Crippen LogP contribution in [-0.2, 0) is 4.79 Å². The van der Waals surface area contributed by atoms with Gasteiger partial charge >= 0.3 is 5.97 Å². The van der Waals surface area contributed by atoms with E-state index in [9.17, 15) is 4.79 Å². The molecule has 0 aliphatic carbocycles. The van der Waals surface area contributed by atoms with Crippen LogP contribution in [0.4, 0.5) is 0 Å². The SMILES string of the molecule is Cl.O=C(O)/C=C1\CN2CCC1CC2. The maximum Gasteiger partial charge on any atom is 0.328 e. The zero-order valence-electron chi connectivity index (χ0n) is 7.40. The summed E-state index contributed by atoms with van der Waals surface area (Å²) in [7, 11) is 0. The number of nitrogens with zero attached hydrogens (tertiary/aromatic N) is 1. The lowest BCUT2D eigenvalue weighted by Crippen LogP contribution is -2.43. The van der Waals surface area contributed by atoms with E-state index in [0.29, 0.717) is 5.92 Å². The largest absolute Gasteiger partial charge is 0.478 e. The molecule has 3 aliphatic heterocycles. The van der Waals surface area contributed by atoms with Crippen LogP contribution in [0.1, 0.15) is 12.8 Å². The second-order valence-electron chi connectivity index (χ2n) is 3.61. The first-order chi connectivity index (χ1) is 5.75. The van der Waals surface area contributed by atoms with E-state index in [0.717, 1.165) is 38.0 Å². The Bertz CT molecular complexity index is 232. The van der Waals surface area contributed by atoms with Gasteiger partial charge in [-0.15, -0.1) is 12.4 Å². The molecule has 0 aromatic carbocycles. The molecule has 0 amide bonds. The van der Waals surface area contributed by atoms with E-state index in [4.69, 9.17) is 5.11 Å². The Morgan fingerprint density at radius 2 is 2.08 bits per heavy atom. The van der Waals surface area contributed by atoms with Crippen molar-refractivity contribution >= 4 is 18.4 Å². The molecule has 1 N–H and O–H groups in total. The molecule has 2 bridgehead atoms. The van der Waals surface area contributed by atoms with Gasteiger partial charge in [-0.25, -0.2) is 4.79 Å². The smallest absolute Gasteiger partial charge is 0.328 e. The summed E-state index contributed by atoms with van der Waals surface area (Å²) in [5.74, 6) is -0.232. The van der Waals surface area contributed by atoms with E-state index in [1.807, 2.05) is 0 Å². The van der Waals surface area contributed by atoms with E-state index in [-0.39, 0.29) is 12.4 Å². The fourth-order valence-electron chi connectivity index (χ4n) is 2.17. The number of piperidine rings is 3. The molecule has 3 heterocycles. The van der Waals surface area contributed by atoms with Crippen molar-refractivity contribution in [2.24, 2.45) is 5.92 Å². The highest BCUT2D eigenvalue weighted by Gasteiger charge is 2.29. The molecule has 13 heavy (non-hydrogen) atoms. The van der Waals surface area contributed by atoms with E-state index in [2.05, 4.69) is 4.90 Å². The number of fused-ring (bicyclic) bond motifs is 3. The van der Waals surface area contributed by atoms with Crippen molar-refractivity contribution in [3.05, 3.63) is 11.6 Å². The summed E-state index contributed by atoms with van der Waals surface area (Å²) < 4.78 is 0. The van der Waals surface area contributed by atoms with Gasteiger partial charge in [-0.1, -0.05) is 0 Å². The van der Waals surface area contributed by atoms with Crippen LogP contribution < -0.4 is 0 Å². The summed E-state index contributed by atoms with van der Waals surface area (Å²) >= 11 is 0. The van der Waals surface area contributed by atoms with Crippen LogP contribution in [0.2, 0.25) is 0 Å². The number of hydrogen-bond donors (Lipinski definition) is 1. The van der Waals surface area contributed by atoms with Crippen molar-refractivity contribution in [1.82, 2.24) is 4.90 Å². The Morgan fingerprint density at radius 1 is 1.46 bits per heavy atom. The van der Waals surface area contributed by atoms with Crippen molar-refractivity contribution in [2.75, 3.05) is 19.6 Å². The monoisotopic (exact) mass is 203 g/mol. The molecule has 0 aromatic rings. The van der Waals surface area contributed by atoms with Gasteiger partial charge in [0.1, 0.15) is 0 Å². The summed E-state index contributed by atoms with van der Waals surface area (Å²) in [6, 6.07) is 0. The molecule has 3 saturated heterocycles. The van der Waals surface area contributed by atoms with Gasteiger partial charge in [-0.05, 0) is 37.4 Å². The second kappa shape index (κ2) is 4.11. The average Bonchev–Trinajstić information content (AvgIpc) is 2.05. The van der Waals surface area contributed by atoms with E-state index >= 15 is 0 Å². The highest BCUT2D eigenvalue weighted by Crippen LogP contribution is 2.31. The molecule has 0 unspecified atom stereocenters.